The molecular formula is C40H49N2S2+. The number of aryl methyl sites for hydroxylation is 1. The number of para-hydroxylation sites is 2. The van der Waals surface area contributed by atoms with Crippen LogP contribution < -0.4 is 9.47 Å². The van der Waals surface area contributed by atoms with Crippen LogP contribution in [0.1, 0.15) is 79.7 Å². The first kappa shape index (κ1) is 32.3. The Hall–Kier alpha value is -3.08. The fourth-order valence-corrected chi connectivity index (χ4v) is 8.87. The van der Waals surface area contributed by atoms with E-state index in [2.05, 4.69) is 156 Å². The highest BCUT2D eigenvalue weighted by Gasteiger charge is 2.26. The van der Waals surface area contributed by atoms with Crippen LogP contribution in [0.2, 0.25) is 0 Å². The molecule has 230 valence electrons. The summed E-state index contributed by atoms with van der Waals surface area (Å²) in [6.07, 6.45) is 19.8. The maximum absolute atomic E-state index is 2.45. The molecule has 2 aromatic carbocycles. The fourth-order valence-electron chi connectivity index (χ4n) is 6.43. The van der Waals surface area contributed by atoms with Crippen molar-refractivity contribution in [1.29, 1.82) is 0 Å². The van der Waals surface area contributed by atoms with Crippen molar-refractivity contribution in [3.05, 3.63) is 117 Å². The number of fused-ring (bicyclic) bond motifs is 2. The summed E-state index contributed by atoms with van der Waals surface area (Å²) >= 11 is 3.78. The van der Waals surface area contributed by atoms with Gasteiger partial charge in [-0.2, -0.15) is 4.57 Å². The highest BCUT2D eigenvalue weighted by atomic mass is 32.2. The minimum absolute atomic E-state index is 0.207. The third kappa shape index (κ3) is 7.95. The van der Waals surface area contributed by atoms with Crippen molar-refractivity contribution >= 4 is 45.1 Å². The maximum Gasteiger partial charge on any atom is 0.263 e. The molecule has 0 spiro atoms. The number of thioether (sulfide) groups is 1. The molecule has 0 saturated carbocycles. The van der Waals surface area contributed by atoms with Crippen LogP contribution in [0.25, 0.3) is 16.3 Å². The molecule has 44 heavy (non-hydrogen) atoms. The van der Waals surface area contributed by atoms with Crippen LogP contribution in [-0.2, 0) is 6.54 Å². The Morgan fingerprint density at radius 1 is 1.02 bits per heavy atom. The molecule has 2 heterocycles. The summed E-state index contributed by atoms with van der Waals surface area (Å²) in [7, 11) is 0. The normalized spacial score (nSPS) is 19.5. The molecule has 5 rings (SSSR count). The first-order valence-electron chi connectivity index (χ1n) is 16.1. The average Bonchev–Trinajstić information content (AvgIpc) is 3.47. The number of anilines is 1. The molecule has 1 aromatic heterocycles. The number of nitrogens with zero attached hydrogens (tertiary/aromatic N) is 2. The van der Waals surface area contributed by atoms with Gasteiger partial charge in [0.1, 0.15) is 11.2 Å². The molecule has 0 radical (unpaired) electrons. The van der Waals surface area contributed by atoms with Crippen molar-refractivity contribution in [2.75, 3.05) is 11.4 Å². The summed E-state index contributed by atoms with van der Waals surface area (Å²) in [5.74, 6) is 0. The second kappa shape index (κ2) is 13.5. The van der Waals surface area contributed by atoms with Gasteiger partial charge in [-0.15, -0.1) is 0 Å². The van der Waals surface area contributed by atoms with E-state index >= 15 is 0 Å². The van der Waals surface area contributed by atoms with Gasteiger partial charge in [-0.25, -0.2) is 0 Å². The standard InChI is InChI=1S/C40H49N2S2/c1-9-41-33-18-11-13-20-35(33)43-37(41)23-29(3)22-30(26-39(4,5)6)16-15-17-31-24-32(28-40(7,8)27-31)25-38-42(10-2)34-19-12-14-21-36(34)44-38/h11-25H,9-10,26-28H2,1-8H3/q+1. The summed E-state index contributed by atoms with van der Waals surface area (Å²) in [4.78, 5) is 3.77. The maximum atomic E-state index is 2.45. The summed E-state index contributed by atoms with van der Waals surface area (Å²) in [5, 5.41) is 2.65. The molecule has 1 aliphatic carbocycles. The Labute approximate surface area is 274 Å². The van der Waals surface area contributed by atoms with E-state index in [0.717, 1.165) is 32.4 Å². The number of rotatable bonds is 8. The van der Waals surface area contributed by atoms with Gasteiger partial charge in [0.2, 0.25) is 5.52 Å². The Morgan fingerprint density at radius 2 is 1.77 bits per heavy atom. The molecule has 4 heteroatoms. The highest BCUT2D eigenvalue weighted by Crippen LogP contribution is 2.46. The molecule has 2 aliphatic rings. The highest BCUT2D eigenvalue weighted by molar-refractivity contribution is 8.03. The third-order valence-electron chi connectivity index (χ3n) is 8.07. The van der Waals surface area contributed by atoms with Gasteiger partial charge in [-0.3, -0.25) is 0 Å². The van der Waals surface area contributed by atoms with Gasteiger partial charge < -0.3 is 4.90 Å². The van der Waals surface area contributed by atoms with E-state index in [1.165, 1.54) is 53.1 Å². The summed E-state index contributed by atoms with van der Waals surface area (Å²) in [5.41, 5.74) is 8.58. The zero-order valence-corrected chi connectivity index (χ0v) is 29.5. The lowest BCUT2D eigenvalue weighted by Crippen LogP contribution is -2.33. The van der Waals surface area contributed by atoms with Crippen LogP contribution in [-0.4, -0.2) is 6.54 Å². The lowest BCUT2D eigenvalue weighted by atomic mass is 9.75. The van der Waals surface area contributed by atoms with Gasteiger partial charge >= 0.3 is 0 Å². The second-order valence-corrected chi connectivity index (χ2v) is 16.3. The Morgan fingerprint density at radius 3 is 2.52 bits per heavy atom. The van der Waals surface area contributed by atoms with Crippen molar-refractivity contribution in [2.45, 2.75) is 86.1 Å². The van der Waals surface area contributed by atoms with Crippen LogP contribution in [0.4, 0.5) is 5.69 Å². The fraction of sp³-hybridized carbons (Fsp3) is 0.375. The quantitative estimate of drug-likeness (QED) is 0.182. The lowest BCUT2D eigenvalue weighted by Gasteiger charge is -2.30. The molecular weight excluding hydrogens is 573 g/mol. The van der Waals surface area contributed by atoms with E-state index in [9.17, 15) is 0 Å². The molecule has 0 fully saturated rings. The summed E-state index contributed by atoms with van der Waals surface area (Å²) in [6, 6.07) is 17.5. The van der Waals surface area contributed by atoms with Crippen molar-refractivity contribution < 1.29 is 4.57 Å². The van der Waals surface area contributed by atoms with Crippen LogP contribution in [0, 0.1) is 10.8 Å². The zero-order valence-electron chi connectivity index (χ0n) is 27.9. The molecule has 1 aliphatic heterocycles. The Balaban J connectivity index is 1.42. The second-order valence-electron chi connectivity index (χ2n) is 14.1. The number of benzene rings is 2. The van der Waals surface area contributed by atoms with E-state index in [0.29, 0.717) is 0 Å². The number of hydrogen-bond donors (Lipinski definition) is 0. The topological polar surface area (TPSA) is 7.12 Å². The summed E-state index contributed by atoms with van der Waals surface area (Å²) in [6.45, 7) is 20.5. The molecule has 2 nitrogen and oxygen atoms in total. The number of allylic oxidation sites excluding steroid dienone is 10. The van der Waals surface area contributed by atoms with Gasteiger partial charge in [0.05, 0.1) is 10.7 Å². The molecule has 3 aromatic rings. The monoisotopic (exact) mass is 621 g/mol. The van der Waals surface area contributed by atoms with Crippen molar-refractivity contribution in [3.8, 4) is 0 Å². The molecule has 0 N–H and O–H groups in total. The smallest absolute Gasteiger partial charge is 0.263 e. The average molecular weight is 622 g/mol. The predicted molar refractivity (Wildman–Crippen MR) is 195 cm³/mol. The molecule has 0 unspecified atom stereocenters. The molecule has 0 bridgehead atoms. The van der Waals surface area contributed by atoms with Crippen molar-refractivity contribution in [3.63, 3.8) is 0 Å². The Kier molecular flexibility index (Phi) is 9.92. The molecule has 0 saturated heterocycles. The van der Waals surface area contributed by atoms with Crippen LogP contribution in [0.3, 0.4) is 0 Å². The summed E-state index contributed by atoms with van der Waals surface area (Å²) < 4.78 is 3.81. The van der Waals surface area contributed by atoms with Gasteiger partial charge in [-0.1, -0.05) is 112 Å². The van der Waals surface area contributed by atoms with Gasteiger partial charge in [0.15, 0.2) is 0 Å². The van der Waals surface area contributed by atoms with E-state index < -0.39 is 0 Å². The number of aromatic nitrogens is 1. The van der Waals surface area contributed by atoms with Gasteiger partial charge in [0, 0.05) is 23.6 Å². The predicted octanol–water partition coefficient (Wildman–Crippen LogP) is 11.7. The van der Waals surface area contributed by atoms with E-state index in [-0.39, 0.29) is 10.8 Å². The minimum atomic E-state index is 0.207. The molecule has 0 amide bonds. The van der Waals surface area contributed by atoms with Crippen molar-refractivity contribution in [2.24, 2.45) is 10.8 Å². The van der Waals surface area contributed by atoms with Gasteiger partial charge in [0.25, 0.3) is 5.01 Å². The Bertz CT molecular complexity index is 1700. The minimum Gasteiger partial charge on any atom is -0.335 e. The van der Waals surface area contributed by atoms with E-state index in [1.54, 1.807) is 0 Å². The van der Waals surface area contributed by atoms with Crippen LogP contribution >= 0.6 is 23.1 Å². The van der Waals surface area contributed by atoms with Crippen LogP contribution in [0.15, 0.2) is 117 Å². The zero-order chi connectivity index (χ0) is 31.5. The first-order valence-corrected chi connectivity index (χ1v) is 17.7. The van der Waals surface area contributed by atoms with Crippen molar-refractivity contribution in [1.82, 2.24) is 0 Å². The van der Waals surface area contributed by atoms with E-state index in [1.807, 2.05) is 23.1 Å². The van der Waals surface area contributed by atoms with Crippen LogP contribution in [0.5, 0.6) is 0 Å². The molecule has 0 atom stereocenters. The van der Waals surface area contributed by atoms with E-state index in [4.69, 9.17) is 0 Å². The number of thiazole rings is 1. The lowest BCUT2D eigenvalue weighted by molar-refractivity contribution is -0.665. The third-order valence-corrected chi connectivity index (χ3v) is 10.3. The largest absolute Gasteiger partial charge is 0.335 e. The van der Waals surface area contributed by atoms with Gasteiger partial charge in [-0.05, 0) is 97.4 Å². The first-order chi connectivity index (χ1) is 20.9. The number of hydrogen-bond acceptors (Lipinski definition) is 3. The SMILES string of the molecule is CCN1/C(=C/C(C)=C/C(=CC=CC2=CC(=Cc3sc4ccccc4[n+]3CC)CC(C)(C)C2)CC(C)(C)C)Sc2ccccc21.